The minimum atomic E-state index is -0.533. The van der Waals surface area contributed by atoms with Crippen LogP contribution in [0.15, 0.2) is 29.1 Å². The lowest BCUT2D eigenvalue weighted by atomic mass is 10.1. The Bertz CT molecular complexity index is 841. The van der Waals surface area contributed by atoms with Gasteiger partial charge in [0.15, 0.2) is 0 Å². The summed E-state index contributed by atoms with van der Waals surface area (Å²) in [6.07, 6.45) is 0. The van der Waals surface area contributed by atoms with Crippen molar-refractivity contribution in [2.24, 2.45) is 0 Å². The third-order valence-electron chi connectivity index (χ3n) is 2.63. The Labute approximate surface area is 110 Å². The molecule has 0 fully saturated rings. The highest BCUT2D eigenvalue weighted by molar-refractivity contribution is 6.31. The summed E-state index contributed by atoms with van der Waals surface area (Å²) in [4.78, 5) is 16.1. The van der Waals surface area contributed by atoms with E-state index in [0.29, 0.717) is 11.3 Å². The third-order valence-corrected chi connectivity index (χ3v) is 2.92. The zero-order valence-corrected chi connectivity index (χ0v) is 10.1. The first kappa shape index (κ1) is 11.7. The van der Waals surface area contributed by atoms with Crippen molar-refractivity contribution in [2.75, 3.05) is 5.73 Å². The van der Waals surface area contributed by atoms with Gasteiger partial charge in [-0.05, 0) is 18.2 Å². The molecule has 19 heavy (non-hydrogen) atoms. The van der Waals surface area contributed by atoms with Crippen molar-refractivity contribution in [3.63, 3.8) is 0 Å². The Balaban J connectivity index is 2.25. The molecule has 6 nitrogen and oxygen atoms in total. The zero-order valence-electron chi connectivity index (χ0n) is 9.39. The fourth-order valence-electron chi connectivity index (χ4n) is 1.74. The molecule has 3 N–H and O–H groups in total. The van der Waals surface area contributed by atoms with E-state index in [1.54, 1.807) is 0 Å². The number of rotatable bonds is 1. The first-order valence-corrected chi connectivity index (χ1v) is 5.63. The molecule has 0 unspecified atom stereocenters. The number of hydrogen-bond donors (Lipinski definition) is 2. The van der Waals surface area contributed by atoms with Crippen LogP contribution in [0.1, 0.15) is 0 Å². The summed E-state index contributed by atoms with van der Waals surface area (Å²) in [6.45, 7) is 0. The molecule has 0 aliphatic rings. The minimum Gasteiger partial charge on any atom is -0.368 e. The highest BCUT2D eigenvalue weighted by Gasteiger charge is 2.10. The van der Waals surface area contributed by atoms with Crippen LogP contribution >= 0.6 is 11.6 Å². The molecular weight excluding hydrogens is 273 g/mol. The fourth-order valence-corrected chi connectivity index (χ4v) is 1.92. The van der Waals surface area contributed by atoms with Crippen molar-refractivity contribution >= 4 is 23.3 Å². The Morgan fingerprint density at radius 3 is 2.89 bits per heavy atom. The van der Waals surface area contributed by atoms with Crippen molar-refractivity contribution in [1.82, 2.24) is 19.6 Å². The van der Waals surface area contributed by atoms with E-state index >= 15 is 0 Å². The first-order valence-electron chi connectivity index (χ1n) is 5.25. The fraction of sp³-hybridized carbons (Fsp3) is 0. The predicted molar refractivity (Wildman–Crippen MR) is 68.4 cm³/mol. The van der Waals surface area contributed by atoms with Crippen molar-refractivity contribution in [2.45, 2.75) is 0 Å². The van der Waals surface area contributed by atoms with Gasteiger partial charge in [0.25, 0.3) is 5.56 Å². The average molecular weight is 280 g/mol. The van der Waals surface area contributed by atoms with Crippen molar-refractivity contribution in [1.29, 1.82) is 0 Å². The monoisotopic (exact) mass is 279 g/mol. The van der Waals surface area contributed by atoms with Gasteiger partial charge in [0.2, 0.25) is 11.7 Å². The maximum absolute atomic E-state index is 13.1. The Morgan fingerprint density at radius 1 is 1.37 bits per heavy atom. The summed E-state index contributed by atoms with van der Waals surface area (Å²) in [5.74, 6) is -0.300. The normalized spacial score (nSPS) is 11.1. The summed E-state index contributed by atoms with van der Waals surface area (Å²) >= 11 is 5.70. The minimum absolute atomic E-state index is 0.0242. The molecule has 96 valence electrons. The molecule has 0 spiro atoms. The first-order chi connectivity index (χ1) is 9.06. The van der Waals surface area contributed by atoms with Crippen molar-refractivity contribution < 1.29 is 4.39 Å². The molecule has 0 amide bonds. The lowest BCUT2D eigenvalue weighted by Crippen LogP contribution is -2.15. The number of aromatic amines is 1. The largest absolute Gasteiger partial charge is 0.368 e. The van der Waals surface area contributed by atoms with E-state index in [-0.39, 0.29) is 22.3 Å². The number of nitrogens with two attached hydrogens (primary N) is 1. The molecule has 3 aromatic rings. The molecule has 8 heteroatoms. The number of H-pyrrole nitrogens is 1. The van der Waals surface area contributed by atoms with Crippen LogP contribution in [0.5, 0.6) is 0 Å². The summed E-state index contributed by atoms with van der Waals surface area (Å²) in [5, 5.41) is 6.19. The van der Waals surface area contributed by atoms with Gasteiger partial charge >= 0.3 is 0 Å². The van der Waals surface area contributed by atoms with E-state index in [0.717, 1.165) is 4.40 Å². The van der Waals surface area contributed by atoms with Gasteiger partial charge in [0.1, 0.15) is 5.82 Å². The number of nitrogens with zero attached hydrogens (tertiary/aromatic N) is 3. The van der Waals surface area contributed by atoms with Gasteiger partial charge in [0, 0.05) is 11.6 Å². The molecule has 0 saturated heterocycles. The number of fused-ring (bicyclic) bond motifs is 1. The van der Waals surface area contributed by atoms with E-state index in [1.165, 1.54) is 24.3 Å². The average Bonchev–Trinajstić information content (AvgIpc) is 2.75. The molecule has 1 aromatic carbocycles. The Morgan fingerprint density at radius 2 is 2.16 bits per heavy atom. The van der Waals surface area contributed by atoms with Gasteiger partial charge in [-0.15, -0.1) is 5.10 Å². The zero-order chi connectivity index (χ0) is 13.6. The van der Waals surface area contributed by atoms with Crippen LogP contribution in [0, 0.1) is 5.82 Å². The summed E-state index contributed by atoms with van der Waals surface area (Å²) in [7, 11) is 0. The second-order valence-electron chi connectivity index (χ2n) is 3.85. The number of nitrogen functional groups attached to an aromatic ring is 1. The lowest BCUT2D eigenvalue weighted by Gasteiger charge is -2.02. The van der Waals surface area contributed by atoms with Crippen LogP contribution in [-0.2, 0) is 0 Å². The summed E-state index contributed by atoms with van der Waals surface area (Å²) in [5.41, 5.74) is 6.02. The van der Waals surface area contributed by atoms with Crippen molar-refractivity contribution in [3.8, 4) is 11.3 Å². The number of hydrogen-bond acceptors (Lipinski definition) is 4. The van der Waals surface area contributed by atoms with Gasteiger partial charge < -0.3 is 5.73 Å². The summed E-state index contributed by atoms with van der Waals surface area (Å²) < 4.78 is 14.2. The van der Waals surface area contributed by atoms with Crippen LogP contribution < -0.4 is 11.3 Å². The molecule has 3 rings (SSSR count). The SMILES string of the molecule is Nc1n[nH]c2nc(-c3ccc(F)c(Cl)c3)cc(=O)n12. The van der Waals surface area contributed by atoms with Crippen LogP contribution in [-0.4, -0.2) is 19.6 Å². The van der Waals surface area contributed by atoms with Crippen LogP contribution in [0.4, 0.5) is 10.3 Å². The second kappa shape index (κ2) is 4.06. The van der Waals surface area contributed by atoms with E-state index < -0.39 is 5.82 Å². The number of nitrogens with one attached hydrogen (secondary N) is 1. The lowest BCUT2D eigenvalue weighted by molar-refractivity contribution is 0.628. The quantitative estimate of drug-likeness (QED) is 0.706. The molecule has 0 aliphatic carbocycles. The highest BCUT2D eigenvalue weighted by Crippen LogP contribution is 2.23. The molecular formula is C11H7ClFN5O. The smallest absolute Gasteiger partial charge is 0.262 e. The van der Waals surface area contributed by atoms with Crippen molar-refractivity contribution in [3.05, 3.63) is 45.5 Å². The highest BCUT2D eigenvalue weighted by atomic mass is 35.5. The van der Waals surface area contributed by atoms with E-state index in [2.05, 4.69) is 15.2 Å². The molecule has 2 aromatic heterocycles. The number of halogens is 2. The third kappa shape index (κ3) is 1.84. The molecule has 2 heterocycles. The molecule has 0 atom stereocenters. The maximum atomic E-state index is 13.1. The molecule has 0 aliphatic heterocycles. The van der Waals surface area contributed by atoms with Gasteiger partial charge in [-0.2, -0.15) is 0 Å². The molecule has 0 radical (unpaired) electrons. The van der Waals surface area contributed by atoms with Gasteiger partial charge in [-0.3, -0.25) is 4.79 Å². The summed E-state index contributed by atoms with van der Waals surface area (Å²) in [6, 6.07) is 5.37. The molecule has 0 saturated carbocycles. The van der Waals surface area contributed by atoms with E-state index in [1.807, 2.05) is 0 Å². The second-order valence-corrected chi connectivity index (χ2v) is 4.26. The Hall–Kier alpha value is -2.41. The number of aromatic nitrogens is 4. The van der Waals surface area contributed by atoms with Crippen LogP contribution in [0.25, 0.3) is 17.0 Å². The van der Waals surface area contributed by atoms with Crippen LogP contribution in [0.3, 0.4) is 0 Å². The van der Waals surface area contributed by atoms with E-state index in [4.69, 9.17) is 17.3 Å². The van der Waals surface area contributed by atoms with Gasteiger partial charge in [-0.25, -0.2) is 18.9 Å². The standard InChI is InChI=1S/C11H7ClFN5O/c12-6-3-5(1-2-7(6)13)8-4-9(19)18-10(14)16-17-11(18)15-8/h1-4H,(H2,14,16)(H,15,17). The van der Waals surface area contributed by atoms with Gasteiger partial charge in [-0.1, -0.05) is 11.6 Å². The topological polar surface area (TPSA) is 89.1 Å². The Kier molecular flexibility index (Phi) is 2.49. The predicted octanol–water partition coefficient (Wildman–Crippen LogP) is 1.46. The molecule has 0 bridgehead atoms. The number of benzene rings is 1. The van der Waals surface area contributed by atoms with Crippen LogP contribution in [0.2, 0.25) is 5.02 Å². The maximum Gasteiger partial charge on any atom is 0.262 e. The van der Waals surface area contributed by atoms with Gasteiger partial charge in [0.05, 0.1) is 10.7 Å². The number of anilines is 1. The van der Waals surface area contributed by atoms with E-state index in [9.17, 15) is 9.18 Å².